The normalized spacial score (nSPS) is 24.1. The van der Waals surface area contributed by atoms with Gasteiger partial charge in [0.05, 0.1) is 38.1 Å². The molecular formula is C27H36N2O3. The molecule has 0 aliphatic carbocycles. The highest BCUT2D eigenvalue weighted by atomic mass is 16.6. The van der Waals surface area contributed by atoms with Crippen molar-refractivity contribution < 1.29 is 14.2 Å². The zero-order valence-electron chi connectivity index (χ0n) is 19.4. The summed E-state index contributed by atoms with van der Waals surface area (Å²) in [5.41, 5.74) is 5.26. The van der Waals surface area contributed by atoms with Crippen LogP contribution in [0.2, 0.25) is 0 Å². The molecule has 4 atom stereocenters. The van der Waals surface area contributed by atoms with E-state index >= 15 is 0 Å². The lowest BCUT2D eigenvalue weighted by atomic mass is 10.0. The van der Waals surface area contributed by atoms with Crippen LogP contribution in [0.4, 0.5) is 11.4 Å². The Morgan fingerprint density at radius 1 is 0.719 bits per heavy atom. The monoisotopic (exact) mass is 436 g/mol. The molecule has 3 heterocycles. The fraction of sp³-hybridized carbons (Fsp3) is 0.556. The molecule has 4 unspecified atom stereocenters. The number of epoxide rings is 3. The summed E-state index contributed by atoms with van der Waals surface area (Å²) in [4.78, 5) is 4.90. The highest BCUT2D eigenvalue weighted by molar-refractivity contribution is 5.51. The molecule has 0 spiro atoms. The van der Waals surface area contributed by atoms with E-state index in [4.69, 9.17) is 14.2 Å². The molecule has 5 rings (SSSR count). The molecule has 0 N–H and O–H groups in total. The minimum Gasteiger partial charge on any atom is -0.371 e. The highest BCUT2D eigenvalue weighted by Gasteiger charge is 2.31. The van der Waals surface area contributed by atoms with E-state index in [9.17, 15) is 0 Å². The third-order valence-corrected chi connectivity index (χ3v) is 6.72. The van der Waals surface area contributed by atoms with Crippen LogP contribution < -0.4 is 9.80 Å². The number of rotatable bonds is 13. The van der Waals surface area contributed by atoms with Gasteiger partial charge < -0.3 is 24.0 Å². The lowest BCUT2D eigenvalue weighted by molar-refractivity contribution is 0.389. The van der Waals surface area contributed by atoms with E-state index in [1.54, 1.807) is 0 Å². The van der Waals surface area contributed by atoms with Crippen LogP contribution in [0.1, 0.15) is 31.4 Å². The van der Waals surface area contributed by atoms with Gasteiger partial charge in [-0.1, -0.05) is 44.5 Å². The second-order valence-corrected chi connectivity index (χ2v) is 9.70. The average Bonchev–Trinajstić information content (AvgIpc) is 3.65. The molecule has 172 valence electrons. The Kier molecular flexibility index (Phi) is 6.67. The van der Waals surface area contributed by atoms with Gasteiger partial charge in [-0.15, -0.1) is 0 Å². The third kappa shape index (κ3) is 6.25. The second kappa shape index (κ2) is 9.82. The average molecular weight is 437 g/mol. The van der Waals surface area contributed by atoms with Gasteiger partial charge in [0.2, 0.25) is 0 Å². The molecule has 32 heavy (non-hydrogen) atoms. The number of benzene rings is 2. The van der Waals surface area contributed by atoms with Gasteiger partial charge in [0.1, 0.15) is 0 Å². The van der Waals surface area contributed by atoms with E-state index in [-0.39, 0.29) is 0 Å². The topological polar surface area (TPSA) is 44.1 Å². The summed E-state index contributed by atoms with van der Waals surface area (Å²) in [6.45, 7) is 11.3. The Hall–Kier alpha value is -2.08. The molecule has 3 saturated heterocycles. The van der Waals surface area contributed by atoms with Crippen LogP contribution in [0.3, 0.4) is 0 Å². The van der Waals surface area contributed by atoms with E-state index in [2.05, 4.69) is 72.2 Å². The number of ether oxygens (including phenoxy) is 3. The summed E-state index contributed by atoms with van der Waals surface area (Å²) >= 11 is 0. The van der Waals surface area contributed by atoms with Crippen molar-refractivity contribution in [2.45, 2.75) is 45.0 Å². The molecule has 0 radical (unpaired) electrons. The number of anilines is 2. The second-order valence-electron chi connectivity index (χ2n) is 9.70. The fourth-order valence-corrected chi connectivity index (χ4v) is 4.22. The molecule has 5 heteroatoms. The molecule has 0 saturated carbocycles. The number of hydrogen-bond donors (Lipinski definition) is 0. The van der Waals surface area contributed by atoms with E-state index in [0.717, 1.165) is 52.4 Å². The smallest absolute Gasteiger partial charge is 0.0984 e. The summed E-state index contributed by atoms with van der Waals surface area (Å²) in [5.74, 6) is 0.685. The SMILES string of the molecule is CCC(C)CN(CC1CO1)c1ccc(Cc2ccc(N(CC3CO3)CC3CO3)cc2)cc1. The van der Waals surface area contributed by atoms with Gasteiger partial charge in [-0.25, -0.2) is 0 Å². The Bertz CT molecular complexity index is 843. The molecule has 2 aromatic rings. The van der Waals surface area contributed by atoms with Crippen LogP contribution in [0.15, 0.2) is 48.5 Å². The molecule has 3 aliphatic rings. The summed E-state index contributed by atoms with van der Waals surface area (Å²) in [5, 5.41) is 0. The van der Waals surface area contributed by atoms with Crippen LogP contribution in [-0.4, -0.2) is 64.3 Å². The van der Waals surface area contributed by atoms with Gasteiger partial charge in [0.25, 0.3) is 0 Å². The first-order valence-electron chi connectivity index (χ1n) is 12.2. The molecule has 0 aromatic heterocycles. The summed E-state index contributed by atoms with van der Waals surface area (Å²) < 4.78 is 16.4. The van der Waals surface area contributed by atoms with Gasteiger partial charge in [0, 0.05) is 37.6 Å². The number of hydrogen-bond acceptors (Lipinski definition) is 5. The van der Waals surface area contributed by atoms with Gasteiger partial charge >= 0.3 is 0 Å². The zero-order chi connectivity index (χ0) is 21.9. The summed E-state index contributed by atoms with van der Waals surface area (Å²) in [6, 6.07) is 18.1. The Balaban J connectivity index is 1.20. The van der Waals surface area contributed by atoms with Crippen LogP contribution in [0.25, 0.3) is 0 Å². The first kappa shape index (κ1) is 21.7. The van der Waals surface area contributed by atoms with Gasteiger partial charge in [-0.05, 0) is 47.7 Å². The van der Waals surface area contributed by atoms with Crippen LogP contribution >= 0.6 is 0 Å². The van der Waals surface area contributed by atoms with Crippen molar-refractivity contribution in [2.75, 3.05) is 55.8 Å². The standard InChI is InChI=1S/C27H36N2O3/c1-3-20(2)13-28(14-25-17-30-25)23-8-4-21(5-9-23)12-22-6-10-24(11-7-22)29(15-26-18-31-26)16-27-19-32-27/h4-11,20,25-27H,3,12-19H2,1-2H3. The largest absolute Gasteiger partial charge is 0.371 e. The van der Waals surface area contributed by atoms with E-state index < -0.39 is 0 Å². The van der Waals surface area contributed by atoms with Crippen molar-refractivity contribution >= 4 is 11.4 Å². The van der Waals surface area contributed by atoms with Gasteiger partial charge in [-0.3, -0.25) is 0 Å². The van der Waals surface area contributed by atoms with E-state index in [1.807, 2.05) is 0 Å². The molecule has 2 aromatic carbocycles. The van der Waals surface area contributed by atoms with Crippen LogP contribution in [0, 0.1) is 5.92 Å². The van der Waals surface area contributed by atoms with E-state index in [1.165, 1.54) is 28.9 Å². The number of nitrogens with zero attached hydrogens (tertiary/aromatic N) is 2. The van der Waals surface area contributed by atoms with Crippen LogP contribution in [-0.2, 0) is 20.6 Å². The summed E-state index contributed by atoms with van der Waals surface area (Å²) in [7, 11) is 0. The Labute approximate surface area is 192 Å². The molecule has 3 fully saturated rings. The van der Waals surface area contributed by atoms with Gasteiger partial charge in [-0.2, -0.15) is 0 Å². The molecule has 3 aliphatic heterocycles. The molecule has 5 nitrogen and oxygen atoms in total. The van der Waals surface area contributed by atoms with Crippen molar-refractivity contribution in [2.24, 2.45) is 5.92 Å². The van der Waals surface area contributed by atoms with Gasteiger partial charge in [0.15, 0.2) is 0 Å². The van der Waals surface area contributed by atoms with Crippen molar-refractivity contribution in [3.05, 3.63) is 59.7 Å². The maximum Gasteiger partial charge on any atom is 0.0984 e. The fourth-order valence-electron chi connectivity index (χ4n) is 4.22. The minimum absolute atomic E-state index is 0.387. The third-order valence-electron chi connectivity index (χ3n) is 6.72. The van der Waals surface area contributed by atoms with Crippen LogP contribution in [0.5, 0.6) is 0 Å². The Morgan fingerprint density at radius 3 is 1.53 bits per heavy atom. The van der Waals surface area contributed by atoms with Crippen molar-refractivity contribution in [3.63, 3.8) is 0 Å². The molecule has 0 amide bonds. The highest BCUT2D eigenvalue weighted by Crippen LogP contribution is 2.25. The first-order chi connectivity index (χ1) is 15.7. The van der Waals surface area contributed by atoms with Crippen molar-refractivity contribution in [1.29, 1.82) is 0 Å². The quantitative estimate of drug-likeness (QED) is 0.442. The van der Waals surface area contributed by atoms with Crippen molar-refractivity contribution in [1.82, 2.24) is 0 Å². The predicted octanol–water partition coefficient (Wildman–Crippen LogP) is 4.13. The first-order valence-corrected chi connectivity index (χ1v) is 12.2. The Morgan fingerprint density at radius 2 is 1.12 bits per heavy atom. The maximum absolute atomic E-state index is 5.49. The zero-order valence-corrected chi connectivity index (χ0v) is 19.4. The molecule has 0 bridgehead atoms. The summed E-state index contributed by atoms with van der Waals surface area (Å²) in [6.07, 6.45) is 3.34. The van der Waals surface area contributed by atoms with E-state index in [0.29, 0.717) is 24.2 Å². The molecular weight excluding hydrogens is 400 g/mol. The predicted molar refractivity (Wildman–Crippen MR) is 129 cm³/mol. The lowest BCUT2D eigenvalue weighted by Crippen LogP contribution is -2.32. The minimum atomic E-state index is 0.387. The lowest BCUT2D eigenvalue weighted by Gasteiger charge is -2.27. The maximum atomic E-state index is 5.49. The van der Waals surface area contributed by atoms with Crippen molar-refractivity contribution in [3.8, 4) is 0 Å².